The van der Waals surface area contributed by atoms with Crippen LogP contribution in [0.2, 0.25) is 5.02 Å². The van der Waals surface area contributed by atoms with E-state index in [1.165, 1.54) is 0 Å². The molecule has 0 aliphatic carbocycles. The number of halogens is 1. The molecule has 3 rings (SSSR count). The first-order valence-corrected chi connectivity index (χ1v) is 8.44. The second-order valence-electron chi connectivity index (χ2n) is 6.63. The van der Waals surface area contributed by atoms with Crippen LogP contribution in [0.5, 0.6) is 11.5 Å². The molecule has 0 radical (unpaired) electrons. The van der Waals surface area contributed by atoms with Crippen molar-refractivity contribution in [2.24, 2.45) is 0 Å². The van der Waals surface area contributed by atoms with E-state index in [2.05, 4.69) is 10.6 Å². The number of ether oxygens (including phenoxy) is 2. The summed E-state index contributed by atoms with van der Waals surface area (Å²) in [5.41, 5.74) is 1.16. The van der Waals surface area contributed by atoms with Gasteiger partial charge in [0, 0.05) is 22.7 Å². The number of nitrogens with one attached hydrogen (secondary N) is 2. The highest BCUT2D eigenvalue weighted by Gasteiger charge is 2.34. The minimum absolute atomic E-state index is 0.187. The zero-order valence-corrected chi connectivity index (χ0v) is 15.2. The number of hydrogen-bond acceptors (Lipinski definition) is 3. The van der Waals surface area contributed by atoms with Crippen molar-refractivity contribution in [3.8, 4) is 11.5 Å². The van der Waals surface area contributed by atoms with Crippen molar-refractivity contribution in [2.75, 3.05) is 12.4 Å². The van der Waals surface area contributed by atoms with Crippen molar-refractivity contribution in [3.63, 3.8) is 0 Å². The number of anilines is 1. The third-order valence-electron chi connectivity index (χ3n) is 4.06. The third-order valence-corrected chi connectivity index (χ3v) is 4.30. The Morgan fingerprint density at radius 2 is 2.08 bits per heavy atom. The minimum Gasteiger partial charge on any atom is -0.497 e. The van der Waals surface area contributed by atoms with Gasteiger partial charge in [-0.15, -0.1) is 0 Å². The molecular weight excluding hydrogens is 340 g/mol. The summed E-state index contributed by atoms with van der Waals surface area (Å²) in [4.78, 5) is 12.4. The maximum absolute atomic E-state index is 12.4. The van der Waals surface area contributed by atoms with Gasteiger partial charge in [0.25, 0.3) is 0 Å². The summed E-state index contributed by atoms with van der Waals surface area (Å²) in [6, 6.07) is 12.2. The lowest BCUT2D eigenvalue weighted by molar-refractivity contribution is 0.0681. The fourth-order valence-electron chi connectivity index (χ4n) is 2.98. The lowest BCUT2D eigenvalue weighted by atomic mass is 9.89. The molecule has 0 saturated heterocycles. The maximum Gasteiger partial charge on any atom is 0.319 e. The first-order chi connectivity index (χ1) is 11.9. The minimum atomic E-state index is -0.379. The Morgan fingerprint density at radius 1 is 1.28 bits per heavy atom. The Hall–Kier alpha value is -2.40. The van der Waals surface area contributed by atoms with E-state index in [-0.39, 0.29) is 17.7 Å². The molecule has 1 aliphatic rings. The van der Waals surface area contributed by atoms with Crippen LogP contribution in [-0.4, -0.2) is 18.7 Å². The van der Waals surface area contributed by atoms with Gasteiger partial charge in [-0.3, -0.25) is 0 Å². The number of fused-ring (bicyclic) bond motifs is 1. The molecule has 0 aromatic heterocycles. The van der Waals surface area contributed by atoms with E-state index in [1.807, 2.05) is 32.0 Å². The summed E-state index contributed by atoms with van der Waals surface area (Å²) in [6.07, 6.45) is 0.649. The molecule has 132 valence electrons. The van der Waals surface area contributed by atoms with Crippen molar-refractivity contribution in [1.82, 2.24) is 5.32 Å². The van der Waals surface area contributed by atoms with Crippen molar-refractivity contribution in [3.05, 3.63) is 53.1 Å². The molecule has 6 heteroatoms. The monoisotopic (exact) mass is 360 g/mol. The van der Waals surface area contributed by atoms with Gasteiger partial charge in [0.2, 0.25) is 0 Å². The lowest BCUT2D eigenvalue weighted by Crippen LogP contribution is -2.42. The van der Waals surface area contributed by atoms with E-state index in [4.69, 9.17) is 21.1 Å². The van der Waals surface area contributed by atoms with E-state index >= 15 is 0 Å². The summed E-state index contributed by atoms with van der Waals surface area (Å²) in [5, 5.41) is 6.40. The van der Waals surface area contributed by atoms with Crippen LogP contribution in [0, 0.1) is 0 Å². The van der Waals surface area contributed by atoms with Crippen LogP contribution in [0.3, 0.4) is 0 Å². The second-order valence-corrected chi connectivity index (χ2v) is 7.07. The molecule has 0 fully saturated rings. The molecule has 0 saturated carbocycles. The van der Waals surface area contributed by atoms with Gasteiger partial charge >= 0.3 is 6.03 Å². The van der Waals surface area contributed by atoms with Gasteiger partial charge in [0.1, 0.15) is 17.1 Å². The fourth-order valence-corrected chi connectivity index (χ4v) is 3.17. The van der Waals surface area contributed by atoms with Gasteiger partial charge in [0.05, 0.1) is 13.2 Å². The molecule has 0 unspecified atom stereocenters. The second kappa shape index (κ2) is 6.84. The lowest BCUT2D eigenvalue weighted by Gasteiger charge is -2.38. The molecule has 1 atom stereocenters. The normalized spacial score (nSPS) is 17.8. The van der Waals surface area contributed by atoms with Gasteiger partial charge in [-0.1, -0.05) is 17.7 Å². The molecule has 0 bridgehead atoms. The predicted octanol–water partition coefficient (Wildman–Crippen LogP) is 4.77. The summed E-state index contributed by atoms with van der Waals surface area (Å²) < 4.78 is 11.3. The van der Waals surface area contributed by atoms with Crippen molar-refractivity contribution in [2.45, 2.75) is 31.9 Å². The SMILES string of the molecule is COc1ccc2c(c1)[C@H](NC(=O)Nc1cccc(Cl)c1)CC(C)(C)O2. The topological polar surface area (TPSA) is 59.6 Å². The molecule has 0 spiro atoms. The van der Waals surface area contributed by atoms with Crippen LogP contribution in [0.25, 0.3) is 0 Å². The highest BCUT2D eigenvalue weighted by molar-refractivity contribution is 6.30. The van der Waals surface area contributed by atoms with Crippen LogP contribution < -0.4 is 20.1 Å². The number of hydrogen-bond donors (Lipinski definition) is 2. The van der Waals surface area contributed by atoms with Crippen molar-refractivity contribution >= 4 is 23.3 Å². The predicted molar refractivity (Wildman–Crippen MR) is 98.7 cm³/mol. The number of methoxy groups -OCH3 is 1. The van der Waals surface area contributed by atoms with E-state index in [9.17, 15) is 4.79 Å². The summed E-state index contributed by atoms with van der Waals surface area (Å²) in [5.74, 6) is 1.48. The average Bonchev–Trinajstić information content (AvgIpc) is 2.53. The van der Waals surface area contributed by atoms with Crippen LogP contribution in [-0.2, 0) is 0 Å². The molecule has 1 heterocycles. The van der Waals surface area contributed by atoms with Gasteiger partial charge in [-0.2, -0.15) is 0 Å². The Kier molecular flexibility index (Phi) is 4.77. The van der Waals surface area contributed by atoms with Crippen LogP contribution in [0.15, 0.2) is 42.5 Å². The maximum atomic E-state index is 12.4. The molecule has 2 aromatic carbocycles. The largest absolute Gasteiger partial charge is 0.497 e. The van der Waals surface area contributed by atoms with E-state index in [1.54, 1.807) is 31.4 Å². The number of amides is 2. The van der Waals surface area contributed by atoms with Gasteiger partial charge in [-0.05, 0) is 50.2 Å². The fraction of sp³-hybridized carbons (Fsp3) is 0.316. The molecule has 5 nitrogen and oxygen atoms in total. The van der Waals surface area contributed by atoms with Crippen LogP contribution in [0.4, 0.5) is 10.5 Å². The summed E-state index contributed by atoms with van der Waals surface area (Å²) >= 11 is 5.96. The molecule has 2 aromatic rings. The smallest absolute Gasteiger partial charge is 0.319 e. The molecule has 2 amide bonds. The average molecular weight is 361 g/mol. The Morgan fingerprint density at radius 3 is 2.80 bits per heavy atom. The number of urea groups is 1. The van der Waals surface area contributed by atoms with Crippen LogP contribution in [0.1, 0.15) is 31.9 Å². The Balaban J connectivity index is 1.80. The molecule has 1 aliphatic heterocycles. The zero-order chi connectivity index (χ0) is 18.0. The molecule has 25 heavy (non-hydrogen) atoms. The number of carbonyl (C=O) groups is 1. The number of benzene rings is 2. The third kappa shape index (κ3) is 4.17. The van der Waals surface area contributed by atoms with Crippen molar-refractivity contribution < 1.29 is 14.3 Å². The first-order valence-electron chi connectivity index (χ1n) is 8.06. The van der Waals surface area contributed by atoms with Crippen LogP contribution >= 0.6 is 11.6 Å². The van der Waals surface area contributed by atoms with E-state index in [0.29, 0.717) is 17.1 Å². The molecular formula is C19H21ClN2O3. The Labute approximate surface area is 152 Å². The molecule has 2 N–H and O–H groups in total. The van der Waals surface area contributed by atoms with Gasteiger partial charge in [-0.25, -0.2) is 4.79 Å². The van der Waals surface area contributed by atoms with E-state index in [0.717, 1.165) is 17.1 Å². The Bertz CT molecular complexity index is 792. The highest BCUT2D eigenvalue weighted by Crippen LogP contribution is 2.41. The summed E-state index contributed by atoms with van der Waals surface area (Å²) in [7, 11) is 1.61. The standard InChI is InChI=1S/C19H21ClN2O3/c1-19(2)11-16(15-10-14(24-3)7-8-17(15)25-19)22-18(23)21-13-6-4-5-12(20)9-13/h4-10,16H,11H2,1-3H3,(H2,21,22,23)/t16-/m1/s1. The van der Waals surface area contributed by atoms with Gasteiger partial charge in [0.15, 0.2) is 0 Å². The quantitative estimate of drug-likeness (QED) is 0.828. The number of carbonyl (C=O) groups excluding carboxylic acids is 1. The number of rotatable bonds is 3. The summed E-state index contributed by atoms with van der Waals surface area (Å²) in [6.45, 7) is 4.01. The zero-order valence-electron chi connectivity index (χ0n) is 14.4. The van der Waals surface area contributed by atoms with Gasteiger partial charge < -0.3 is 20.1 Å². The highest BCUT2D eigenvalue weighted by atomic mass is 35.5. The van der Waals surface area contributed by atoms with Crippen molar-refractivity contribution in [1.29, 1.82) is 0 Å². The van der Waals surface area contributed by atoms with E-state index < -0.39 is 0 Å². The first kappa shape index (κ1) is 17.4.